The summed E-state index contributed by atoms with van der Waals surface area (Å²) in [6.07, 6.45) is 0. The second-order valence-corrected chi connectivity index (χ2v) is 5.98. The summed E-state index contributed by atoms with van der Waals surface area (Å²) >= 11 is 0. The minimum atomic E-state index is -0.560. The number of benzene rings is 2. The smallest absolute Gasteiger partial charge is 0.280 e. The number of aliphatic imine (C=N–C) groups is 1. The van der Waals surface area contributed by atoms with E-state index in [2.05, 4.69) is 4.99 Å². The Labute approximate surface area is 144 Å². The number of nitrogens with two attached hydrogens (primary N) is 2. The molecule has 0 saturated carbocycles. The van der Waals surface area contributed by atoms with Crippen molar-refractivity contribution in [1.82, 2.24) is 0 Å². The molecule has 0 aliphatic carbocycles. The Morgan fingerprint density at radius 1 is 1.12 bits per heavy atom. The highest BCUT2D eigenvalue weighted by Gasteiger charge is 2.23. The van der Waals surface area contributed by atoms with Gasteiger partial charge in [0.05, 0.1) is 0 Å². The summed E-state index contributed by atoms with van der Waals surface area (Å²) in [5.74, 6) is -0.602. The Kier molecular flexibility index (Phi) is 4.27. The first-order valence-electron chi connectivity index (χ1n) is 7.74. The third kappa shape index (κ3) is 3.24. The molecule has 0 unspecified atom stereocenters. The molecule has 6 heteroatoms. The van der Waals surface area contributed by atoms with Crippen LogP contribution in [-0.4, -0.2) is 18.5 Å². The van der Waals surface area contributed by atoms with Crippen molar-refractivity contribution >= 4 is 17.4 Å². The Balaban J connectivity index is 2.16. The molecule has 1 aliphatic heterocycles. The lowest BCUT2D eigenvalue weighted by Gasteiger charge is -2.23. The lowest BCUT2D eigenvalue weighted by atomic mass is 9.89. The number of fused-ring (bicyclic) bond motifs is 1. The summed E-state index contributed by atoms with van der Waals surface area (Å²) in [6.45, 7) is 4.07. The van der Waals surface area contributed by atoms with Crippen LogP contribution in [0, 0.1) is 12.7 Å². The predicted molar refractivity (Wildman–Crippen MR) is 94.9 cm³/mol. The Bertz CT molecular complexity index is 928. The van der Waals surface area contributed by atoms with Crippen molar-refractivity contribution in [2.24, 2.45) is 16.5 Å². The SMILES string of the molecule is CC1=C(c2ccc(C)cc2F)c2cc(C(=O)N=C(N)N)ccc2OC1. The van der Waals surface area contributed by atoms with Gasteiger partial charge in [-0.3, -0.25) is 4.79 Å². The summed E-state index contributed by atoms with van der Waals surface area (Å²) in [4.78, 5) is 15.6. The maximum Gasteiger partial charge on any atom is 0.280 e. The van der Waals surface area contributed by atoms with E-state index in [1.807, 2.05) is 19.9 Å². The van der Waals surface area contributed by atoms with Crippen LogP contribution >= 0.6 is 0 Å². The fourth-order valence-electron chi connectivity index (χ4n) is 2.85. The molecular weight excluding hydrogens is 321 g/mol. The van der Waals surface area contributed by atoms with Crippen LogP contribution in [-0.2, 0) is 0 Å². The van der Waals surface area contributed by atoms with Gasteiger partial charge in [0.2, 0.25) is 0 Å². The maximum atomic E-state index is 14.5. The molecule has 4 N–H and O–H groups in total. The molecule has 1 heterocycles. The number of halogens is 1. The fraction of sp³-hybridized carbons (Fsp3) is 0.158. The number of guanidine groups is 1. The van der Waals surface area contributed by atoms with Gasteiger partial charge < -0.3 is 16.2 Å². The number of hydrogen-bond acceptors (Lipinski definition) is 2. The molecule has 0 bridgehead atoms. The number of carbonyl (C=O) groups excluding carboxylic acids is 1. The summed E-state index contributed by atoms with van der Waals surface area (Å²) in [5, 5.41) is 0. The van der Waals surface area contributed by atoms with E-state index in [0.29, 0.717) is 29.0 Å². The molecule has 25 heavy (non-hydrogen) atoms. The first-order valence-corrected chi connectivity index (χ1v) is 7.74. The van der Waals surface area contributed by atoms with Crippen molar-refractivity contribution in [3.63, 3.8) is 0 Å². The molecule has 5 nitrogen and oxygen atoms in total. The van der Waals surface area contributed by atoms with Crippen LogP contribution in [0.15, 0.2) is 47.0 Å². The first kappa shape index (κ1) is 16.7. The summed E-state index contributed by atoms with van der Waals surface area (Å²) in [5.41, 5.74) is 14.4. The minimum Gasteiger partial charge on any atom is -0.489 e. The lowest BCUT2D eigenvalue weighted by molar-refractivity contribution is 0.100. The van der Waals surface area contributed by atoms with E-state index in [-0.39, 0.29) is 11.8 Å². The van der Waals surface area contributed by atoms with Crippen LogP contribution in [0.25, 0.3) is 5.57 Å². The third-order valence-corrected chi connectivity index (χ3v) is 3.99. The molecule has 3 rings (SSSR count). The molecule has 1 amide bonds. The van der Waals surface area contributed by atoms with E-state index in [1.165, 1.54) is 6.07 Å². The van der Waals surface area contributed by atoms with E-state index in [0.717, 1.165) is 16.7 Å². The van der Waals surface area contributed by atoms with E-state index >= 15 is 0 Å². The first-order chi connectivity index (χ1) is 11.9. The molecule has 0 aromatic heterocycles. The number of aryl methyl sites for hydroxylation is 1. The molecule has 0 fully saturated rings. The van der Waals surface area contributed by atoms with Crippen molar-refractivity contribution in [2.75, 3.05) is 6.61 Å². The maximum absolute atomic E-state index is 14.5. The minimum absolute atomic E-state index is 0.301. The average Bonchev–Trinajstić information content (AvgIpc) is 2.54. The lowest BCUT2D eigenvalue weighted by Crippen LogP contribution is -2.24. The van der Waals surface area contributed by atoms with Crippen molar-refractivity contribution in [3.05, 3.63) is 70.0 Å². The Morgan fingerprint density at radius 3 is 2.56 bits per heavy atom. The quantitative estimate of drug-likeness (QED) is 0.650. The highest BCUT2D eigenvalue weighted by Crippen LogP contribution is 2.39. The standard InChI is InChI=1S/C19H18FN3O2/c1-10-3-5-13(15(20)7-10)17-11(2)9-25-16-6-4-12(8-14(16)17)18(24)23-19(21)22/h3-8H,9H2,1-2H3,(H4,21,22,23,24). The van der Waals surface area contributed by atoms with Crippen molar-refractivity contribution < 1.29 is 13.9 Å². The van der Waals surface area contributed by atoms with E-state index in [4.69, 9.17) is 16.2 Å². The second kappa shape index (κ2) is 6.39. The average molecular weight is 339 g/mol. The van der Waals surface area contributed by atoms with Crippen molar-refractivity contribution in [1.29, 1.82) is 0 Å². The summed E-state index contributed by atoms with van der Waals surface area (Å²) < 4.78 is 20.2. The van der Waals surface area contributed by atoms with Crippen LogP contribution in [0.3, 0.4) is 0 Å². The number of rotatable bonds is 2. The van der Waals surface area contributed by atoms with Gasteiger partial charge in [-0.15, -0.1) is 0 Å². The normalized spacial score (nSPS) is 13.1. The second-order valence-electron chi connectivity index (χ2n) is 5.98. The molecule has 0 atom stereocenters. The van der Waals surface area contributed by atoms with Crippen LogP contribution in [0.2, 0.25) is 0 Å². The van der Waals surface area contributed by atoms with Gasteiger partial charge in [-0.25, -0.2) is 4.39 Å². The van der Waals surface area contributed by atoms with Gasteiger partial charge >= 0.3 is 0 Å². The highest BCUT2D eigenvalue weighted by molar-refractivity contribution is 6.03. The van der Waals surface area contributed by atoms with Crippen molar-refractivity contribution in [3.8, 4) is 5.75 Å². The number of amides is 1. The zero-order valence-electron chi connectivity index (χ0n) is 14.0. The number of nitrogens with zero attached hydrogens (tertiary/aromatic N) is 1. The molecule has 128 valence electrons. The van der Waals surface area contributed by atoms with Crippen LogP contribution in [0.4, 0.5) is 4.39 Å². The fourth-order valence-corrected chi connectivity index (χ4v) is 2.85. The van der Waals surface area contributed by atoms with Gasteiger partial charge in [0.15, 0.2) is 5.96 Å². The van der Waals surface area contributed by atoms with E-state index in [1.54, 1.807) is 24.3 Å². The topological polar surface area (TPSA) is 90.7 Å². The van der Waals surface area contributed by atoms with Gasteiger partial charge in [0, 0.05) is 16.7 Å². The zero-order chi connectivity index (χ0) is 18.1. The van der Waals surface area contributed by atoms with Gasteiger partial charge in [-0.2, -0.15) is 4.99 Å². The largest absolute Gasteiger partial charge is 0.489 e. The van der Waals surface area contributed by atoms with Crippen LogP contribution in [0.1, 0.15) is 34.0 Å². The highest BCUT2D eigenvalue weighted by atomic mass is 19.1. The Hall–Kier alpha value is -3.15. The van der Waals surface area contributed by atoms with E-state index in [9.17, 15) is 9.18 Å². The molecule has 1 aliphatic rings. The monoisotopic (exact) mass is 339 g/mol. The number of carbonyl (C=O) groups is 1. The van der Waals surface area contributed by atoms with Gasteiger partial charge in [0.25, 0.3) is 5.91 Å². The van der Waals surface area contributed by atoms with Gasteiger partial charge in [-0.05, 0) is 54.8 Å². The number of ether oxygens (including phenoxy) is 1. The zero-order valence-corrected chi connectivity index (χ0v) is 14.0. The summed E-state index contributed by atoms with van der Waals surface area (Å²) in [7, 11) is 0. The molecular formula is C19H18FN3O2. The number of hydrogen-bond donors (Lipinski definition) is 2. The van der Waals surface area contributed by atoms with Gasteiger partial charge in [-0.1, -0.05) is 12.1 Å². The molecule has 2 aromatic carbocycles. The van der Waals surface area contributed by atoms with E-state index < -0.39 is 5.91 Å². The summed E-state index contributed by atoms with van der Waals surface area (Å²) in [6, 6.07) is 9.95. The van der Waals surface area contributed by atoms with Crippen molar-refractivity contribution in [2.45, 2.75) is 13.8 Å². The van der Waals surface area contributed by atoms with Gasteiger partial charge in [0.1, 0.15) is 18.2 Å². The molecule has 0 radical (unpaired) electrons. The molecule has 2 aromatic rings. The molecule has 0 saturated heterocycles. The molecule has 0 spiro atoms. The third-order valence-electron chi connectivity index (χ3n) is 3.99. The van der Waals surface area contributed by atoms with Crippen LogP contribution in [0.5, 0.6) is 5.75 Å². The predicted octanol–water partition coefficient (Wildman–Crippen LogP) is 2.76. The van der Waals surface area contributed by atoms with Crippen LogP contribution < -0.4 is 16.2 Å². The Morgan fingerprint density at radius 2 is 1.88 bits per heavy atom.